The summed E-state index contributed by atoms with van der Waals surface area (Å²) in [6, 6.07) is 0.336. The highest BCUT2D eigenvalue weighted by molar-refractivity contribution is 5.36. The van der Waals surface area contributed by atoms with Gasteiger partial charge >= 0.3 is 0 Å². The zero-order chi connectivity index (χ0) is 17.2. The molecule has 0 spiro atoms. The number of rotatable bonds is 4. The Bertz CT molecular complexity index is 729. The summed E-state index contributed by atoms with van der Waals surface area (Å²) in [6.45, 7) is 8.99. The first-order chi connectivity index (χ1) is 11.4. The van der Waals surface area contributed by atoms with E-state index in [1.54, 1.807) is 12.4 Å². The van der Waals surface area contributed by atoms with Crippen LogP contribution in [0.3, 0.4) is 0 Å². The lowest BCUT2D eigenvalue weighted by Gasteiger charge is -2.33. The lowest BCUT2D eigenvalue weighted by molar-refractivity contribution is 0.417. The fourth-order valence-corrected chi connectivity index (χ4v) is 3.25. The summed E-state index contributed by atoms with van der Waals surface area (Å²) < 4.78 is 0. The fourth-order valence-electron chi connectivity index (χ4n) is 3.25. The van der Waals surface area contributed by atoms with Crippen LogP contribution >= 0.6 is 0 Å². The van der Waals surface area contributed by atoms with Crippen LogP contribution in [0.25, 0.3) is 0 Å². The number of aromatic nitrogens is 4. The molecule has 2 aromatic heterocycles. The summed E-state index contributed by atoms with van der Waals surface area (Å²) in [5.74, 6) is 0.516. The van der Waals surface area contributed by atoms with Crippen molar-refractivity contribution in [2.45, 2.75) is 51.6 Å². The molecule has 24 heavy (non-hydrogen) atoms. The number of hydrogen-bond donors (Lipinski definition) is 3. The van der Waals surface area contributed by atoms with Crippen molar-refractivity contribution in [2.24, 2.45) is 0 Å². The van der Waals surface area contributed by atoms with Gasteiger partial charge in [-0.3, -0.25) is 9.89 Å². The maximum absolute atomic E-state index is 11.9. The van der Waals surface area contributed by atoms with E-state index in [9.17, 15) is 4.79 Å². The zero-order valence-electron chi connectivity index (χ0n) is 14.6. The SMILES string of the molecule is CC(C)(C)c1[nH]ncc1CNC1CCCN(c2ncc[nH]c2=O)C1. The Morgan fingerprint density at radius 3 is 3.00 bits per heavy atom. The molecule has 2 aromatic rings. The summed E-state index contributed by atoms with van der Waals surface area (Å²) in [7, 11) is 0. The van der Waals surface area contributed by atoms with E-state index in [1.165, 1.54) is 11.3 Å². The van der Waals surface area contributed by atoms with Crippen LogP contribution in [0.4, 0.5) is 5.82 Å². The van der Waals surface area contributed by atoms with Gasteiger partial charge in [0.05, 0.1) is 6.20 Å². The Morgan fingerprint density at radius 1 is 1.42 bits per heavy atom. The zero-order valence-corrected chi connectivity index (χ0v) is 14.6. The van der Waals surface area contributed by atoms with E-state index in [4.69, 9.17) is 0 Å². The van der Waals surface area contributed by atoms with E-state index in [-0.39, 0.29) is 11.0 Å². The van der Waals surface area contributed by atoms with Gasteiger partial charge in [0.25, 0.3) is 5.56 Å². The Morgan fingerprint density at radius 2 is 2.25 bits per heavy atom. The molecule has 0 aromatic carbocycles. The molecule has 1 fully saturated rings. The molecule has 0 bridgehead atoms. The van der Waals surface area contributed by atoms with Crippen LogP contribution in [0.15, 0.2) is 23.4 Å². The summed E-state index contributed by atoms with van der Waals surface area (Å²) >= 11 is 0. The van der Waals surface area contributed by atoms with Gasteiger partial charge in [0.15, 0.2) is 5.82 Å². The number of piperidine rings is 1. The molecule has 3 N–H and O–H groups in total. The standard InChI is InChI=1S/C17H26N6O/c1-17(2,3)14-12(10-21-22-14)9-20-13-5-4-8-23(11-13)15-16(24)19-7-6-18-15/h6-7,10,13,20H,4-5,8-9,11H2,1-3H3,(H,19,24)(H,21,22). The van der Waals surface area contributed by atoms with Crippen LogP contribution in [-0.2, 0) is 12.0 Å². The van der Waals surface area contributed by atoms with Crippen LogP contribution < -0.4 is 15.8 Å². The summed E-state index contributed by atoms with van der Waals surface area (Å²) in [5.41, 5.74) is 2.30. The van der Waals surface area contributed by atoms with Gasteiger partial charge in [0.1, 0.15) is 0 Å². The maximum atomic E-state index is 11.9. The Hall–Kier alpha value is -2.15. The first-order valence-corrected chi connectivity index (χ1v) is 8.50. The van der Waals surface area contributed by atoms with Gasteiger partial charge in [0.2, 0.25) is 0 Å². The van der Waals surface area contributed by atoms with E-state index in [1.807, 2.05) is 6.20 Å². The highest BCUT2D eigenvalue weighted by atomic mass is 16.1. The molecule has 1 aliphatic rings. The van der Waals surface area contributed by atoms with Crippen molar-refractivity contribution in [2.75, 3.05) is 18.0 Å². The van der Waals surface area contributed by atoms with Gasteiger partial charge < -0.3 is 15.2 Å². The average molecular weight is 330 g/mol. The van der Waals surface area contributed by atoms with Crippen LogP contribution in [0.2, 0.25) is 0 Å². The van der Waals surface area contributed by atoms with Crippen LogP contribution in [0.5, 0.6) is 0 Å². The first kappa shape index (κ1) is 16.7. The number of nitrogens with one attached hydrogen (secondary N) is 3. The first-order valence-electron chi connectivity index (χ1n) is 8.50. The van der Waals surface area contributed by atoms with Crippen LogP contribution in [-0.4, -0.2) is 39.3 Å². The number of H-pyrrole nitrogens is 2. The van der Waals surface area contributed by atoms with E-state index < -0.39 is 0 Å². The van der Waals surface area contributed by atoms with Crippen molar-refractivity contribution in [1.29, 1.82) is 0 Å². The smallest absolute Gasteiger partial charge is 0.290 e. The second-order valence-electron chi connectivity index (χ2n) is 7.43. The van der Waals surface area contributed by atoms with Gasteiger partial charge in [-0.05, 0) is 12.8 Å². The molecular formula is C17H26N6O. The van der Waals surface area contributed by atoms with E-state index in [0.29, 0.717) is 11.9 Å². The van der Waals surface area contributed by atoms with Gasteiger partial charge in [-0.2, -0.15) is 5.10 Å². The van der Waals surface area contributed by atoms with Gasteiger partial charge in [-0.1, -0.05) is 20.8 Å². The highest BCUT2D eigenvalue weighted by Gasteiger charge is 2.24. The molecule has 3 heterocycles. The van der Waals surface area contributed by atoms with E-state index in [0.717, 1.165) is 32.5 Å². The Balaban J connectivity index is 1.64. The predicted octanol–water partition coefficient (Wildman–Crippen LogP) is 1.55. The van der Waals surface area contributed by atoms with E-state index >= 15 is 0 Å². The average Bonchev–Trinajstić information content (AvgIpc) is 3.02. The molecule has 0 radical (unpaired) electrons. The minimum absolute atomic E-state index is 0.0490. The number of nitrogens with zero attached hydrogens (tertiary/aromatic N) is 3. The van der Waals surface area contributed by atoms with Gasteiger partial charge in [-0.25, -0.2) is 4.98 Å². The summed E-state index contributed by atoms with van der Waals surface area (Å²) in [5, 5.41) is 10.9. The second-order valence-corrected chi connectivity index (χ2v) is 7.43. The van der Waals surface area contributed by atoms with E-state index in [2.05, 4.69) is 51.2 Å². The van der Waals surface area contributed by atoms with Crippen LogP contribution in [0, 0.1) is 0 Å². The molecule has 1 saturated heterocycles. The quantitative estimate of drug-likeness (QED) is 0.791. The lowest BCUT2D eigenvalue weighted by atomic mass is 9.89. The van der Waals surface area contributed by atoms with Crippen molar-refractivity contribution in [1.82, 2.24) is 25.5 Å². The van der Waals surface area contributed by atoms with Crippen molar-refractivity contribution in [3.8, 4) is 0 Å². The molecule has 7 nitrogen and oxygen atoms in total. The lowest BCUT2D eigenvalue weighted by Crippen LogP contribution is -2.47. The molecule has 0 saturated carbocycles. The van der Waals surface area contributed by atoms with Crippen molar-refractivity contribution in [3.05, 3.63) is 40.2 Å². The Kier molecular flexibility index (Phi) is 4.71. The largest absolute Gasteiger partial charge is 0.350 e. The Labute approximate surface area is 141 Å². The minimum Gasteiger partial charge on any atom is -0.350 e. The number of anilines is 1. The topological polar surface area (TPSA) is 89.7 Å². The van der Waals surface area contributed by atoms with Crippen LogP contribution in [0.1, 0.15) is 44.9 Å². The molecule has 0 aliphatic carbocycles. The molecule has 1 aliphatic heterocycles. The van der Waals surface area contributed by atoms with Gasteiger partial charge in [-0.15, -0.1) is 0 Å². The third-order valence-electron chi connectivity index (χ3n) is 4.46. The van der Waals surface area contributed by atoms with Gasteiger partial charge in [0, 0.05) is 54.7 Å². The molecule has 1 atom stereocenters. The number of hydrogen-bond acceptors (Lipinski definition) is 5. The summed E-state index contributed by atoms with van der Waals surface area (Å²) in [4.78, 5) is 20.9. The number of aromatic amines is 2. The molecule has 3 rings (SSSR count). The summed E-state index contributed by atoms with van der Waals surface area (Å²) in [6.07, 6.45) is 7.25. The normalized spacial score (nSPS) is 18.8. The molecular weight excluding hydrogens is 304 g/mol. The van der Waals surface area contributed by atoms with Crippen molar-refractivity contribution < 1.29 is 0 Å². The minimum atomic E-state index is -0.122. The molecule has 0 amide bonds. The molecule has 130 valence electrons. The maximum Gasteiger partial charge on any atom is 0.290 e. The highest BCUT2D eigenvalue weighted by Crippen LogP contribution is 2.23. The molecule has 7 heteroatoms. The third-order valence-corrected chi connectivity index (χ3v) is 4.46. The third kappa shape index (κ3) is 3.67. The molecule has 1 unspecified atom stereocenters. The van der Waals surface area contributed by atoms with Crippen molar-refractivity contribution in [3.63, 3.8) is 0 Å². The van der Waals surface area contributed by atoms with Crippen molar-refractivity contribution >= 4 is 5.82 Å². The predicted molar refractivity (Wildman–Crippen MR) is 94.2 cm³/mol. The fraction of sp³-hybridized carbons (Fsp3) is 0.588. The monoisotopic (exact) mass is 330 g/mol. The second kappa shape index (κ2) is 6.76.